The topological polar surface area (TPSA) is 137 Å². The molecule has 2 fully saturated rings. The minimum absolute atomic E-state index is 0.0345. The monoisotopic (exact) mass is 638 g/mol. The predicted octanol–water partition coefficient (Wildman–Crippen LogP) is 6.84. The molecule has 0 spiro atoms. The van der Waals surface area contributed by atoms with E-state index < -0.39 is 5.97 Å². The Morgan fingerprint density at radius 2 is 1.26 bits per heavy atom. The normalized spacial score (nSPS) is 20.1. The van der Waals surface area contributed by atoms with Gasteiger partial charge in [0, 0.05) is 36.5 Å². The molecular weight excluding hydrogens is 592 g/mol. The van der Waals surface area contributed by atoms with Crippen molar-refractivity contribution in [2.45, 2.75) is 64.5 Å². The first-order valence-electron chi connectivity index (χ1n) is 16.3. The number of hydrogen-bond donors (Lipinski definition) is 3. The molecule has 2 aliphatic rings. The van der Waals surface area contributed by atoms with E-state index in [1.807, 2.05) is 100 Å². The molecule has 4 aromatic rings. The molecule has 9 nitrogen and oxygen atoms in total. The first-order valence-corrected chi connectivity index (χ1v) is 16.3. The number of hydrogen-bond acceptors (Lipinski definition) is 7. The van der Waals surface area contributed by atoms with E-state index in [-0.39, 0.29) is 35.7 Å². The number of carbonyl (C=O) groups excluding carboxylic acids is 1. The standard InChI is InChI=1S/C19H22N2O2.C10H10O2.C9H14N2O/c1-3-23-18-11-15(9-10-20-18)13(2)21-19(22)17-12-16(17)14-7-5-4-6-8-14;11-10(12)9-6-8(9)7-4-2-1-3-5-7;1-3-12-9-6-8(7(2)10)4-5-11-9/h4-11,13,16-17H,3,12H2,1-2H3,(H,21,22);1-5,8-9H,6H2,(H,11,12);4-7H,3,10H2,1-2H3/t13-,16+,17-;8-,9+;7-/m010/s1. The fourth-order valence-electron chi connectivity index (χ4n) is 5.35. The van der Waals surface area contributed by atoms with Crippen LogP contribution in [-0.4, -0.2) is 40.2 Å². The van der Waals surface area contributed by atoms with E-state index in [1.54, 1.807) is 12.4 Å². The Kier molecular flexibility index (Phi) is 12.9. The van der Waals surface area contributed by atoms with Gasteiger partial charge in [-0.2, -0.15) is 0 Å². The fraction of sp³-hybridized carbons (Fsp3) is 0.368. The van der Waals surface area contributed by atoms with Crippen molar-refractivity contribution in [2.24, 2.45) is 17.6 Å². The molecule has 248 valence electrons. The molecule has 2 heterocycles. The van der Waals surface area contributed by atoms with Crippen LogP contribution in [0.25, 0.3) is 0 Å². The fourth-order valence-corrected chi connectivity index (χ4v) is 5.35. The lowest BCUT2D eigenvalue weighted by molar-refractivity contribution is -0.138. The maximum atomic E-state index is 12.4. The van der Waals surface area contributed by atoms with Crippen LogP contribution < -0.4 is 20.5 Å². The van der Waals surface area contributed by atoms with Gasteiger partial charge < -0.3 is 25.6 Å². The van der Waals surface area contributed by atoms with Crippen molar-refractivity contribution in [3.05, 3.63) is 120 Å². The molecule has 0 unspecified atom stereocenters. The van der Waals surface area contributed by atoms with Gasteiger partial charge in [0.05, 0.1) is 25.2 Å². The van der Waals surface area contributed by atoms with Crippen molar-refractivity contribution < 1.29 is 24.2 Å². The van der Waals surface area contributed by atoms with Gasteiger partial charge in [-0.25, -0.2) is 9.97 Å². The molecule has 0 radical (unpaired) electrons. The number of carboxylic acid groups (broad SMARTS) is 1. The summed E-state index contributed by atoms with van der Waals surface area (Å²) in [6.07, 6.45) is 5.17. The third-order valence-corrected chi connectivity index (χ3v) is 8.18. The zero-order valence-electron chi connectivity index (χ0n) is 27.6. The highest BCUT2D eigenvalue weighted by Crippen LogP contribution is 2.48. The molecule has 0 bridgehead atoms. The van der Waals surface area contributed by atoms with Crippen LogP contribution in [0.3, 0.4) is 0 Å². The number of carboxylic acids is 1. The van der Waals surface area contributed by atoms with Gasteiger partial charge in [0.1, 0.15) is 0 Å². The molecule has 47 heavy (non-hydrogen) atoms. The largest absolute Gasteiger partial charge is 0.481 e. The summed E-state index contributed by atoms with van der Waals surface area (Å²) in [5.74, 6) is 1.29. The molecule has 9 heteroatoms. The summed E-state index contributed by atoms with van der Waals surface area (Å²) in [6, 6.07) is 27.6. The number of aromatic nitrogens is 2. The zero-order chi connectivity index (χ0) is 33.8. The quantitative estimate of drug-likeness (QED) is 0.163. The average molecular weight is 639 g/mol. The van der Waals surface area contributed by atoms with E-state index in [1.165, 1.54) is 5.56 Å². The minimum Gasteiger partial charge on any atom is -0.481 e. The molecule has 2 aliphatic carbocycles. The summed E-state index contributed by atoms with van der Waals surface area (Å²) in [7, 11) is 0. The molecule has 0 aliphatic heterocycles. The summed E-state index contributed by atoms with van der Waals surface area (Å²) in [5, 5.41) is 11.8. The van der Waals surface area contributed by atoms with Crippen LogP contribution in [0.4, 0.5) is 0 Å². The van der Waals surface area contributed by atoms with Crippen molar-refractivity contribution in [2.75, 3.05) is 13.2 Å². The Hall–Kier alpha value is -4.76. The van der Waals surface area contributed by atoms with Gasteiger partial charge in [0.2, 0.25) is 17.7 Å². The van der Waals surface area contributed by atoms with E-state index in [2.05, 4.69) is 27.4 Å². The van der Waals surface area contributed by atoms with Gasteiger partial charge in [0.15, 0.2) is 0 Å². The summed E-state index contributed by atoms with van der Waals surface area (Å²) in [4.78, 5) is 31.2. The molecule has 1 amide bonds. The third kappa shape index (κ3) is 10.6. The van der Waals surface area contributed by atoms with Crippen LogP contribution in [0.2, 0.25) is 0 Å². The van der Waals surface area contributed by atoms with Gasteiger partial charge in [-0.05, 0) is 86.8 Å². The van der Waals surface area contributed by atoms with E-state index in [9.17, 15) is 9.59 Å². The average Bonchev–Trinajstić information content (AvgIpc) is 4.01. The minimum atomic E-state index is -0.663. The maximum absolute atomic E-state index is 12.4. The zero-order valence-corrected chi connectivity index (χ0v) is 27.6. The number of pyridine rings is 2. The second-order valence-corrected chi connectivity index (χ2v) is 11.8. The van der Waals surface area contributed by atoms with E-state index in [0.29, 0.717) is 30.9 Å². The lowest BCUT2D eigenvalue weighted by Crippen LogP contribution is -2.28. The van der Waals surface area contributed by atoms with Gasteiger partial charge in [-0.1, -0.05) is 60.7 Å². The van der Waals surface area contributed by atoms with Crippen molar-refractivity contribution in [1.29, 1.82) is 0 Å². The number of carbonyl (C=O) groups is 2. The number of nitrogens with two attached hydrogens (primary N) is 1. The molecule has 2 aromatic heterocycles. The molecule has 2 saturated carbocycles. The first-order chi connectivity index (χ1) is 22.7. The van der Waals surface area contributed by atoms with Crippen molar-refractivity contribution in [1.82, 2.24) is 15.3 Å². The smallest absolute Gasteiger partial charge is 0.307 e. The SMILES string of the molecule is CCOc1cc([C@H](C)N)ccn1.CCOc1cc([C@H](C)NC(=O)[C@H]2C[C@@H]2c2ccccc2)ccn1.O=C(O)[C@H]1C[C@@H]1c1ccccc1. The van der Waals surface area contributed by atoms with Gasteiger partial charge in [-0.15, -0.1) is 0 Å². The number of nitrogens with zero attached hydrogens (tertiary/aromatic N) is 2. The highest BCUT2D eigenvalue weighted by molar-refractivity contribution is 5.83. The Balaban J connectivity index is 0.000000176. The first kappa shape index (κ1) is 35.1. The molecule has 0 saturated heterocycles. The number of rotatable bonds is 11. The second kappa shape index (κ2) is 17.2. The summed E-state index contributed by atoms with van der Waals surface area (Å²) >= 11 is 0. The van der Waals surface area contributed by atoms with Crippen LogP contribution in [-0.2, 0) is 9.59 Å². The van der Waals surface area contributed by atoms with Crippen LogP contribution in [0.15, 0.2) is 97.3 Å². The second-order valence-electron chi connectivity index (χ2n) is 11.8. The van der Waals surface area contributed by atoms with Gasteiger partial charge >= 0.3 is 5.97 Å². The molecule has 4 N–H and O–H groups in total. The number of amides is 1. The highest BCUT2D eigenvalue weighted by atomic mass is 16.5. The van der Waals surface area contributed by atoms with E-state index >= 15 is 0 Å². The Bertz CT molecular complexity index is 1570. The number of aliphatic carboxylic acids is 1. The molecular formula is C38H46N4O5. The van der Waals surface area contributed by atoms with E-state index in [0.717, 1.165) is 29.5 Å². The number of benzene rings is 2. The van der Waals surface area contributed by atoms with Crippen LogP contribution in [0.1, 0.15) is 86.7 Å². The van der Waals surface area contributed by atoms with Crippen molar-refractivity contribution >= 4 is 11.9 Å². The molecule has 6 rings (SSSR count). The molecule has 6 atom stereocenters. The summed E-state index contributed by atoms with van der Waals surface area (Å²) in [5.41, 5.74) is 10.2. The lowest BCUT2D eigenvalue weighted by atomic mass is 10.1. The number of nitrogens with one attached hydrogen (secondary N) is 1. The Labute approximate surface area is 277 Å². The van der Waals surface area contributed by atoms with E-state index in [4.69, 9.17) is 20.3 Å². The molecule has 2 aromatic carbocycles. The maximum Gasteiger partial charge on any atom is 0.307 e. The van der Waals surface area contributed by atoms with Crippen LogP contribution >= 0.6 is 0 Å². The van der Waals surface area contributed by atoms with Crippen molar-refractivity contribution in [3.63, 3.8) is 0 Å². The van der Waals surface area contributed by atoms with Crippen molar-refractivity contribution in [3.8, 4) is 11.8 Å². The number of ether oxygens (including phenoxy) is 2. The van der Waals surface area contributed by atoms with Gasteiger partial charge in [-0.3, -0.25) is 9.59 Å². The predicted molar refractivity (Wildman–Crippen MR) is 182 cm³/mol. The third-order valence-electron chi connectivity index (χ3n) is 8.18. The summed E-state index contributed by atoms with van der Waals surface area (Å²) < 4.78 is 10.6. The summed E-state index contributed by atoms with van der Waals surface area (Å²) in [6.45, 7) is 9.00. The van der Waals surface area contributed by atoms with Crippen LogP contribution in [0.5, 0.6) is 11.8 Å². The lowest BCUT2D eigenvalue weighted by Gasteiger charge is -2.15. The highest BCUT2D eigenvalue weighted by Gasteiger charge is 2.44. The Morgan fingerprint density at radius 1 is 0.787 bits per heavy atom. The van der Waals surface area contributed by atoms with Crippen LogP contribution in [0, 0.1) is 11.8 Å². The van der Waals surface area contributed by atoms with Gasteiger partial charge in [0.25, 0.3) is 0 Å². The Morgan fingerprint density at radius 3 is 1.72 bits per heavy atom.